The summed E-state index contributed by atoms with van der Waals surface area (Å²) in [5.74, 6) is -0.240. The van der Waals surface area contributed by atoms with Crippen LogP contribution >= 0.6 is 0 Å². The van der Waals surface area contributed by atoms with Gasteiger partial charge in [0.15, 0.2) is 5.76 Å². The molecule has 7 heteroatoms. The maximum atomic E-state index is 12.7. The molecular weight excluding hydrogens is 352 g/mol. The summed E-state index contributed by atoms with van der Waals surface area (Å²) in [6.45, 7) is 1.08. The molecule has 26 heavy (non-hydrogen) atoms. The van der Waals surface area contributed by atoms with Crippen molar-refractivity contribution in [2.24, 2.45) is 0 Å². The summed E-state index contributed by atoms with van der Waals surface area (Å²) in [5, 5.41) is 3.54. The molecular formula is C19H18N2O4S. The molecule has 0 aliphatic carbocycles. The Labute approximate surface area is 151 Å². The van der Waals surface area contributed by atoms with Crippen LogP contribution in [-0.4, -0.2) is 31.7 Å². The van der Waals surface area contributed by atoms with Gasteiger partial charge in [-0.15, -0.1) is 0 Å². The number of fused-ring (bicyclic) bond motifs is 1. The Morgan fingerprint density at radius 3 is 2.54 bits per heavy atom. The fourth-order valence-corrected chi connectivity index (χ4v) is 4.66. The van der Waals surface area contributed by atoms with Crippen molar-refractivity contribution in [1.29, 1.82) is 0 Å². The van der Waals surface area contributed by atoms with Crippen LogP contribution in [0.2, 0.25) is 0 Å². The number of nitrogens with zero attached hydrogens (tertiary/aromatic N) is 1. The van der Waals surface area contributed by atoms with Crippen LogP contribution in [0.1, 0.15) is 23.4 Å². The third-order valence-corrected chi connectivity index (χ3v) is 6.34. The second kappa shape index (κ2) is 6.59. The minimum absolute atomic E-state index is 0.180. The highest BCUT2D eigenvalue weighted by atomic mass is 32.2. The second-order valence-corrected chi connectivity index (χ2v) is 8.18. The molecule has 2 aromatic carbocycles. The van der Waals surface area contributed by atoms with Gasteiger partial charge < -0.3 is 9.73 Å². The molecule has 0 bridgehead atoms. The molecule has 3 aromatic rings. The lowest BCUT2D eigenvalue weighted by Crippen LogP contribution is -2.27. The maximum absolute atomic E-state index is 12.7. The zero-order chi connectivity index (χ0) is 18.1. The molecule has 2 heterocycles. The van der Waals surface area contributed by atoms with Crippen molar-refractivity contribution >= 4 is 32.6 Å². The van der Waals surface area contributed by atoms with Gasteiger partial charge in [0.1, 0.15) is 5.58 Å². The smallest absolute Gasteiger partial charge is 0.291 e. The van der Waals surface area contributed by atoms with Gasteiger partial charge in [-0.1, -0.05) is 24.3 Å². The fourth-order valence-electron chi connectivity index (χ4n) is 3.10. The third kappa shape index (κ3) is 3.11. The normalized spacial score (nSPS) is 15.4. The molecule has 1 N–H and O–H groups in total. The van der Waals surface area contributed by atoms with Crippen LogP contribution < -0.4 is 5.32 Å². The van der Waals surface area contributed by atoms with E-state index in [2.05, 4.69) is 5.32 Å². The number of sulfonamides is 1. The Morgan fingerprint density at radius 2 is 1.77 bits per heavy atom. The molecule has 6 nitrogen and oxygen atoms in total. The number of rotatable bonds is 4. The monoisotopic (exact) mass is 370 g/mol. The number of para-hydroxylation sites is 1. The molecule has 0 spiro atoms. The van der Waals surface area contributed by atoms with E-state index >= 15 is 0 Å². The summed E-state index contributed by atoms with van der Waals surface area (Å²) >= 11 is 0. The molecule has 1 amide bonds. The topological polar surface area (TPSA) is 79.6 Å². The number of furan rings is 1. The number of carbonyl (C=O) groups excluding carboxylic acids is 1. The van der Waals surface area contributed by atoms with Gasteiger partial charge in [-0.3, -0.25) is 4.79 Å². The van der Waals surface area contributed by atoms with Gasteiger partial charge in [-0.25, -0.2) is 8.42 Å². The number of benzene rings is 2. The van der Waals surface area contributed by atoms with Crippen LogP contribution in [0.4, 0.5) is 5.69 Å². The van der Waals surface area contributed by atoms with E-state index in [0.717, 1.165) is 18.2 Å². The molecule has 1 fully saturated rings. The highest BCUT2D eigenvalue weighted by Crippen LogP contribution is 2.24. The van der Waals surface area contributed by atoms with E-state index in [1.807, 2.05) is 18.2 Å². The average Bonchev–Trinajstić information content (AvgIpc) is 3.32. The number of hydrogen-bond acceptors (Lipinski definition) is 4. The Morgan fingerprint density at radius 1 is 1.00 bits per heavy atom. The van der Waals surface area contributed by atoms with E-state index in [4.69, 9.17) is 4.42 Å². The first-order chi connectivity index (χ1) is 12.5. The summed E-state index contributed by atoms with van der Waals surface area (Å²) < 4.78 is 32.3. The van der Waals surface area contributed by atoms with Crippen molar-refractivity contribution in [3.8, 4) is 0 Å². The van der Waals surface area contributed by atoms with Gasteiger partial charge in [0.25, 0.3) is 5.91 Å². The number of nitrogens with one attached hydrogen (secondary N) is 1. The highest BCUT2D eigenvalue weighted by Gasteiger charge is 2.27. The lowest BCUT2D eigenvalue weighted by atomic mass is 10.2. The van der Waals surface area contributed by atoms with E-state index in [0.29, 0.717) is 24.4 Å². The summed E-state index contributed by atoms with van der Waals surface area (Å²) in [6, 6.07) is 15.3. The van der Waals surface area contributed by atoms with Gasteiger partial charge >= 0.3 is 0 Å². The summed E-state index contributed by atoms with van der Waals surface area (Å²) in [7, 11) is -3.52. The van der Waals surface area contributed by atoms with E-state index in [1.54, 1.807) is 30.3 Å². The quantitative estimate of drug-likeness (QED) is 0.763. The molecule has 1 aliphatic rings. The van der Waals surface area contributed by atoms with Gasteiger partial charge in [0, 0.05) is 24.2 Å². The Balaban J connectivity index is 1.57. The van der Waals surface area contributed by atoms with Gasteiger partial charge in [-0.05, 0) is 43.2 Å². The van der Waals surface area contributed by atoms with Crippen LogP contribution in [0, 0.1) is 0 Å². The Hall–Kier alpha value is -2.64. The fraction of sp³-hybridized carbons (Fsp3) is 0.211. The van der Waals surface area contributed by atoms with Gasteiger partial charge in [-0.2, -0.15) is 4.31 Å². The zero-order valence-electron chi connectivity index (χ0n) is 14.0. The minimum Gasteiger partial charge on any atom is -0.451 e. The molecule has 1 aliphatic heterocycles. The summed E-state index contributed by atoms with van der Waals surface area (Å²) in [6.07, 6.45) is 1.75. The predicted molar refractivity (Wildman–Crippen MR) is 98.6 cm³/mol. The zero-order valence-corrected chi connectivity index (χ0v) is 14.8. The molecule has 0 radical (unpaired) electrons. The Bertz CT molecular complexity index is 1030. The minimum atomic E-state index is -3.52. The van der Waals surface area contributed by atoms with Crippen molar-refractivity contribution in [1.82, 2.24) is 4.31 Å². The van der Waals surface area contributed by atoms with Crippen molar-refractivity contribution in [2.75, 3.05) is 18.4 Å². The third-order valence-electron chi connectivity index (χ3n) is 4.44. The van der Waals surface area contributed by atoms with Gasteiger partial charge in [0.05, 0.1) is 4.90 Å². The largest absolute Gasteiger partial charge is 0.451 e. The standard InChI is InChI=1S/C19H18N2O4S/c22-19(18-12-14-6-1-2-9-17(14)25-18)20-15-7-5-8-16(13-15)26(23,24)21-10-3-4-11-21/h1-2,5-9,12-13H,3-4,10-11H2,(H,20,22). The van der Waals surface area contributed by atoms with E-state index in [1.165, 1.54) is 10.4 Å². The molecule has 0 atom stereocenters. The lowest BCUT2D eigenvalue weighted by Gasteiger charge is -2.16. The first kappa shape index (κ1) is 16.8. The first-order valence-corrected chi connectivity index (χ1v) is 9.88. The number of carbonyl (C=O) groups is 1. The summed E-state index contributed by atoms with van der Waals surface area (Å²) in [5.41, 5.74) is 1.04. The second-order valence-electron chi connectivity index (χ2n) is 6.24. The van der Waals surface area contributed by atoms with Crippen LogP contribution in [0.15, 0.2) is 63.9 Å². The van der Waals surface area contributed by atoms with Crippen LogP contribution in [0.5, 0.6) is 0 Å². The Kier molecular flexibility index (Phi) is 4.26. The van der Waals surface area contributed by atoms with E-state index in [9.17, 15) is 13.2 Å². The number of hydrogen-bond donors (Lipinski definition) is 1. The highest BCUT2D eigenvalue weighted by molar-refractivity contribution is 7.89. The van der Waals surface area contributed by atoms with Crippen molar-refractivity contribution < 1.29 is 17.6 Å². The first-order valence-electron chi connectivity index (χ1n) is 8.44. The average molecular weight is 370 g/mol. The molecule has 1 saturated heterocycles. The predicted octanol–water partition coefficient (Wildman–Crippen LogP) is 3.47. The van der Waals surface area contributed by atoms with Gasteiger partial charge in [0.2, 0.25) is 10.0 Å². The van der Waals surface area contributed by atoms with E-state index < -0.39 is 15.9 Å². The van der Waals surface area contributed by atoms with Crippen molar-refractivity contribution in [2.45, 2.75) is 17.7 Å². The maximum Gasteiger partial charge on any atom is 0.291 e. The van der Waals surface area contributed by atoms with Crippen LogP contribution in [0.3, 0.4) is 0 Å². The van der Waals surface area contributed by atoms with Crippen molar-refractivity contribution in [3.05, 3.63) is 60.4 Å². The van der Waals surface area contributed by atoms with Crippen LogP contribution in [0.25, 0.3) is 11.0 Å². The van der Waals surface area contributed by atoms with Crippen LogP contribution in [-0.2, 0) is 10.0 Å². The number of amides is 1. The molecule has 4 rings (SSSR count). The molecule has 0 saturated carbocycles. The van der Waals surface area contributed by atoms with E-state index in [-0.39, 0.29) is 10.7 Å². The van der Waals surface area contributed by atoms with Crippen molar-refractivity contribution in [3.63, 3.8) is 0 Å². The molecule has 0 unspecified atom stereocenters. The molecule has 1 aromatic heterocycles. The number of anilines is 1. The summed E-state index contributed by atoms with van der Waals surface area (Å²) in [4.78, 5) is 12.6. The lowest BCUT2D eigenvalue weighted by molar-refractivity contribution is 0.0998. The SMILES string of the molecule is O=C(Nc1cccc(S(=O)(=O)N2CCCC2)c1)c1cc2ccccc2o1. The molecule has 134 valence electrons.